The molecule has 24 heavy (non-hydrogen) atoms. The maximum Gasteiger partial charge on any atom is 0.227 e. The molecule has 0 bridgehead atoms. The van der Waals surface area contributed by atoms with Crippen molar-refractivity contribution >= 4 is 17.4 Å². The molecule has 1 amide bonds. The van der Waals surface area contributed by atoms with Crippen LogP contribution in [0.4, 0.5) is 5.69 Å². The predicted octanol–water partition coefficient (Wildman–Crippen LogP) is 3.77. The van der Waals surface area contributed by atoms with Crippen LogP contribution in [0.2, 0.25) is 0 Å². The minimum absolute atomic E-state index is 0.0507. The second-order valence-electron chi connectivity index (χ2n) is 5.95. The quantitative estimate of drug-likeness (QED) is 0.787. The zero-order valence-electron chi connectivity index (χ0n) is 13.8. The first-order valence-electron chi connectivity index (χ1n) is 8.28. The fourth-order valence-corrected chi connectivity index (χ4v) is 3.02. The van der Waals surface area contributed by atoms with E-state index < -0.39 is 0 Å². The van der Waals surface area contributed by atoms with E-state index >= 15 is 0 Å². The van der Waals surface area contributed by atoms with Gasteiger partial charge in [0.15, 0.2) is 5.78 Å². The molecule has 1 heterocycles. The molecular weight excluding hydrogens is 302 g/mol. The number of hydrogen-bond donors (Lipinski definition) is 0. The van der Waals surface area contributed by atoms with Crippen molar-refractivity contribution in [3.63, 3.8) is 0 Å². The molecule has 0 atom stereocenters. The zero-order chi connectivity index (χ0) is 16.9. The molecule has 0 saturated heterocycles. The topological polar surface area (TPSA) is 46.6 Å². The number of para-hydroxylation sites is 2. The van der Waals surface area contributed by atoms with E-state index in [9.17, 15) is 9.59 Å². The molecule has 2 aromatic rings. The van der Waals surface area contributed by atoms with E-state index in [0.29, 0.717) is 38.0 Å². The first-order valence-corrected chi connectivity index (χ1v) is 8.28. The van der Waals surface area contributed by atoms with Crippen LogP contribution in [-0.2, 0) is 4.79 Å². The molecule has 0 radical (unpaired) electrons. The lowest BCUT2D eigenvalue weighted by Crippen LogP contribution is -2.38. The summed E-state index contributed by atoms with van der Waals surface area (Å²) in [5.74, 6) is 0.981. The number of hydrogen-bond acceptors (Lipinski definition) is 3. The van der Waals surface area contributed by atoms with Gasteiger partial charge in [0.05, 0.1) is 12.3 Å². The van der Waals surface area contributed by atoms with Crippen LogP contribution in [0.25, 0.3) is 0 Å². The van der Waals surface area contributed by atoms with Crippen LogP contribution >= 0.6 is 0 Å². The standard InChI is InChI=1S/C20H21NO3/c1-15-7-5-10-17-18(22)12-13-21(20(15)17)19(23)11-6-14-24-16-8-3-2-4-9-16/h2-5,7-10H,6,11-14H2,1H3. The molecule has 3 rings (SSSR count). The molecule has 0 saturated carbocycles. The van der Waals surface area contributed by atoms with Gasteiger partial charge in [0.1, 0.15) is 5.75 Å². The number of Topliss-reactive ketones (excluding diaryl/α,β-unsaturated/α-hetero) is 1. The van der Waals surface area contributed by atoms with E-state index in [-0.39, 0.29) is 11.7 Å². The summed E-state index contributed by atoms with van der Waals surface area (Å²) >= 11 is 0. The van der Waals surface area contributed by atoms with Crippen molar-refractivity contribution < 1.29 is 14.3 Å². The van der Waals surface area contributed by atoms with Crippen molar-refractivity contribution in [3.8, 4) is 5.75 Å². The van der Waals surface area contributed by atoms with Gasteiger partial charge >= 0.3 is 0 Å². The van der Waals surface area contributed by atoms with Gasteiger partial charge in [-0.1, -0.05) is 30.3 Å². The summed E-state index contributed by atoms with van der Waals surface area (Å²) in [7, 11) is 0. The molecule has 0 fully saturated rings. The van der Waals surface area contributed by atoms with Crippen LogP contribution in [0.1, 0.15) is 35.2 Å². The lowest BCUT2D eigenvalue weighted by atomic mass is 9.96. The largest absolute Gasteiger partial charge is 0.494 e. The van der Waals surface area contributed by atoms with Gasteiger partial charge in [0.2, 0.25) is 5.91 Å². The normalized spacial score (nSPS) is 13.5. The van der Waals surface area contributed by atoms with E-state index in [1.807, 2.05) is 55.5 Å². The maximum absolute atomic E-state index is 12.6. The Morgan fingerprint density at radius 3 is 2.71 bits per heavy atom. The summed E-state index contributed by atoms with van der Waals surface area (Å²) in [6.45, 7) is 2.91. The maximum atomic E-state index is 12.6. The number of aryl methyl sites for hydroxylation is 1. The van der Waals surface area contributed by atoms with Gasteiger partial charge in [-0.2, -0.15) is 0 Å². The van der Waals surface area contributed by atoms with E-state index in [1.165, 1.54) is 0 Å². The number of benzene rings is 2. The van der Waals surface area contributed by atoms with Crippen molar-refractivity contribution in [1.82, 2.24) is 0 Å². The number of nitrogens with zero attached hydrogens (tertiary/aromatic N) is 1. The number of amides is 1. The average molecular weight is 323 g/mol. The van der Waals surface area contributed by atoms with E-state index in [1.54, 1.807) is 4.90 Å². The molecule has 0 aliphatic carbocycles. The molecule has 4 nitrogen and oxygen atoms in total. The lowest BCUT2D eigenvalue weighted by molar-refractivity contribution is -0.118. The van der Waals surface area contributed by atoms with Gasteiger partial charge in [-0.15, -0.1) is 0 Å². The van der Waals surface area contributed by atoms with Gasteiger partial charge in [0, 0.05) is 24.9 Å². The Kier molecular flexibility index (Phi) is 4.94. The predicted molar refractivity (Wildman–Crippen MR) is 93.7 cm³/mol. The first kappa shape index (κ1) is 16.2. The molecule has 0 spiro atoms. The molecule has 4 heteroatoms. The Bertz CT molecular complexity index is 740. The molecule has 0 N–H and O–H groups in total. The summed E-state index contributed by atoms with van der Waals surface area (Å²) in [6, 6.07) is 15.2. The highest BCUT2D eigenvalue weighted by Gasteiger charge is 2.28. The number of ether oxygens (including phenoxy) is 1. The lowest BCUT2D eigenvalue weighted by Gasteiger charge is -2.30. The first-order chi connectivity index (χ1) is 11.7. The third-order valence-corrected chi connectivity index (χ3v) is 4.22. The number of rotatable bonds is 5. The highest BCUT2D eigenvalue weighted by molar-refractivity contribution is 6.09. The van der Waals surface area contributed by atoms with Crippen molar-refractivity contribution in [2.45, 2.75) is 26.2 Å². The number of carbonyl (C=O) groups excluding carboxylic acids is 2. The number of anilines is 1. The number of carbonyl (C=O) groups is 2. The van der Waals surface area contributed by atoms with Crippen molar-refractivity contribution in [3.05, 3.63) is 59.7 Å². The average Bonchev–Trinajstić information content (AvgIpc) is 2.60. The van der Waals surface area contributed by atoms with Crippen molar-refractivity contribution in [1.29, 1.82) is 0 Å². The highest BCUT2D eigenvalue weighted by Crippen LogP contribution is 2.31. The molecule has 124 valence electrons. The Hall–Kier alpha value is -2.62. The van der Waals surface area contributed by atoms with Crippen LogP contribution in [0, 0.1) is 6.92 Å². The molecule has 0 aromatic heterocycles. The minimum atomic E-state index is 0.0507. The Morgan fingerprint density at radius 2 is 1.92 bits per heavy atom. The summed E-state index contributed by atoms with van der Waals surface area (Å²) in [5.41, 5.74) is 2.41. The Labute approximate surface area is 142 Å². The second kappa shape index (κ2) is 7.30. The van der Waals surface area contributed by atoms with E-state index in [4.69, 9.17) is 4.74 Å². The van der Waals surface area contributed by atoms with Crippen LogP contribution in [0.3, 0.4) is 0 Å². The van der Waals surface area contributed by atoms with E-state index in [2.05, 4.69) is 0 Å². The Morgan fingerprint density at radius 1 is 1.12 bits per heavy atom. The second-order valence-corrected chi connectivity index (χ2v) is 5.95. The van der Waals surface area contributed by atoms with Crippen LogP contribution < -0.4 is 9.64 Å². The number of fused-ring (bicyclic) bond motifs is 1. The van der Waals surface area contributed by atoms with E-state index in [0.717, 1.165) is 17.0 Å². The van der Waals surface area contributed by atoms with Gasteiger partial charge < -0.3 is 9.64 Å². The third kappa shape index (κ3) is 3.48. The molecule has 2 aromatic carbocycles. The molecular formula is C20H21NO3. The van der Waals surface area contributed by atoms with Crippen molar-refractivity contribution in [2.75, 3.05) is 18.1 Å². The smallest absolute Gasteiger partial charge is 0.227 e. The highest BCUT2D eigenvalue weighted by atomic mass is 16.5. The summed E-state index contributed by atoms with van der Waals surface area (Å²) < 4.78 is 5.63. The van der Waals surface area contributed by atoms with Gasteiger partial charge in [-0.25, -0.2) is 0 Å². The number of ketones is 1. The van der Waals surface area contributed by atoms with Crippen LogP contribution in [0.15, 0.2) is 48.5 Å². The molecule has 0 unspecified atom stereocenters. The summed E-state index contributed by atoms with van der Waals surface area (Å²) in [4.78, 5) is 26.4. The van der Waals surface area contributed by atoms with Crippen LogP contribution in [0.5, 0.6) is 5.75 Å². The monoisotopic (exact) mass is 323 g/mol. The van der Waals surface area contributed by atoms with Crippen molar-refractivity contribution in [2.24, 2.45) is 0 Å². The Balaban J connectivity index is 1.60. The third-order valence-electron chi connectivity index (χ3n) is 4.22. The van der Waals surface area contributed by atoms with Gasteiger partial charge in [-0.3, -0.25) is 9.59 Å². The summed E-state index contributed by atoms with van der Waals surface area (Å²) in [5, 5.41) is 0. The summed E-state index contributed by atoms with van der Waals surface area (Å²) in [6.07, 6.45) is 1.46. The van der Waals surface area contributed by atoms with Gasteiger partial charge in [0.25, 0.3) is 0 Å². The fourth-order valence-electron chi connectivity index (χ4n) is 3.02. The van der Waals surface area contributed by atoms with Gasteiger partial charge in [-0.05, 0) is 37.1 Å². The van der Waals surface area contributed by atoms with Crippen LogP contribution in [-0.4, -0.2) is 24.8 Å². The molecule has 1 aliphatic heterocycles. The zero-order valence-corrected chi connectivity index (χ0v) is 13.8. The molecule has 1 aliphatic rings. The SMILES string of the molecule is Cc1cccc2c1N(C(=O)CCCOc1ccccc1)CCC2=O. The fraction of sp³-hybridized carbons (Fsp3) is 0.300. The minimum Gasteiger partial charge on any atom is -0.494 e.